The number of carbonyl (C=O) groups excluding carboxylic acids is 1. The summed E-state index contributed by atoms with van der Waals surface area (Å²) in [5, 5.41) is 7.13. The zero-order valence-electron chi connectivity index (χ0n) is 12.6. The summed E-state index contributed by atoms with van der Waals surface area (Å²) in [6.45, 7) is 7.57. The van der Waals surface area contributed by atoms with Crippen LogP contribution in [-0.4, -0.2) is 53.9 Å². The molecule has 0 aliphatic rings. The van der Waals surface area contributed by atoms with Gasteiger partial charge in [0.2, 0.25) is 0 Å². The van der Waals surface area contributed by atoms with Gasteiger partial charge in [0.1, 0.15) is 11.0 Å². The van der Waals surface area contributed by atoms with Crippen molar-refractivity contribution in [2.75, 3.05) is 38.6 Å². The molecule has 0 aliphatic carbocycles. The standard InChI is InChI=1S/C13H21BrN4O3/c1-4-17(5-2)7-6-15-10-8-16-18(9-11(19)21-3)13(20)12(10)14/h8,15H,4-7,9H2,1-3H3. The summed E-state index contributed by atoms with van der Waals surface area (Å²) in [6.07, 6.45) is 1.52. The van der Waals surface area contributed by atoms with Crippen LogP contribution in [0.3, 0.4) is 0 Å². The first-order valence-corrected chi connectivity index (χ1v) is 7.61. The molecule has 0 saturated carbocycles. The predicted octanol–water partition coefficient (Wildman–Crippen LogP) is 0.932. The second-order valence-electron chi connectivity index (χ2n) is 4.36. The lowest BCUT2D eigenvalue weighted by atomic mass is 10.4. The van der Waals surface area contributed by atoms with E-state index in [-0.39, 0.29) is 12.1 Å². The molecule has 1 aromatic heterocycles. The van der Waals surface area contributed by atoms with Crippen molar-refractivity contribution in [1.29, 1.82) is 0 Å². The van der Waals surface area contributed by atoms with Crippen LogP contribution >= 0.6 is 15.9 Å². The van der Waals surface area contributed by atoms with Gasteiger partial charge in [-0.1, -0.05) is 13.8 Å². The molecule has 1 heterocycles. The van der Waals surface area contributed by atoms with Gasteiger partial charge in [0.25, 0.3) is 5.56 Å². The summed E-state index contributed by atoms with van der Waals surface area (Å²) in [7, 11) is 1.27. The highest BCUT2D eigenvalue weighted by Gasteiger charge is 2.11. The van der Waals surface area contributed by atoms with Crippen molar-refractivity contribution in [3.05, 3.63) is 21.0 Å². The molecule has 8 heteroatoms. The molecule has 0 aromatic carbocycles. The monoisotopic (exact) mass is 360 g/mol. The molecule has 0 unspecified atom stereocenters. The molecule has 0 fully saturated rings. The molecule has 0 aliphatic heterocycles. The van der Waals surface area contributed by atoms with Gasteiger partial charge in [-0.3, -0.25) is 9.59 Å². The van der Waals surface area contributed by atoms with Crippen LogP contribution in [-0.2, 0) is 16.1 Å². The highest BCUT2D eigenvalue weighted by atomic mass is 79.9. The molecule has 0 spiro atoms. The van der Waals surface area contributed by atoms with E-state index in [4.69, 9.17) is 0 Å². The Balaban J connectivity index is 2.71. The third-order valence-corrected chi connectivity index (χ3v) is 3.90. The fourth-order valence-corrected chi connectivity index (χ4v) is 2.22. The molecule has 21 heavy (non-hydrogen) atoms. The lowest BCUT2D eigenvalue weighted by Gasteiger charge is -2.18. The van der Waals surface area contributed by atoms with Crippen molar-refractivity contribution >= 4 is 27.6 Å². The Labute approximate surface area is 132 Å². The number of hydrogen-bond donors (Lipinski definition) is 1. The Morgan fingerprint density at radius 1 is 1.48 bits per heavy atom. The molecule has 118 valence electrons. The van der Waals surface area contributed by atoms with Crippen LogP contribution in [0.2, 0.25) is 0 Å². The van der Waals surface area contributed by atoms with Gasteiger partial charge in [-0.2, -0.15) is 5.10 Å². The number of nitrogens with one attached hydrogen (secondary N) is 1. The van der Waals surface area contributed by atoms with Gasteiger partial charge < -0.3 is 15.0 Å². The lowest BCUT2D eigenvalue weighted by molar-refractivity contribution is -0.141. The van der Waals surface area contributed by atoms with E-state index in [0.29, 0.717) is 16.7 Å². The van der Waals surface area contributed by atoms with E-state index in [0.717, 1.165) is 24.3 Å². The summed E-state index contributed by atoms with van der Waals surface area (Å²) < 4.78 is 5.94. The number of esters is 1. The number of halogens is 1. The first-order valence-electron chi connectivity index (χ1n) is 6.82. The maximum absolute atomic E-state index is 12.0. The molecular formula is C13H21BrN4O3. The highest BCUT2D eigenvalue weighted by Crippen LogP contribution is 2.15. The minimum Gasteiger partial charge on any atom is -0.468 e. The van der Waals surface area contributed by atoms with E-state index in [2.05, 4.69) is 49.8 Å². The molecular weight excluding hydrogens is 340 g/mol. The lowest BCUT2D eigenvalue weighted by Crippen LogP contribution is -2.30. The molecule has 0 bridgehead atoms. The highest BCUT2D eigenvalue weighted by molar-refractivity contribution is 9.10. The first-order chi connectivity index (χ1) is 10.0. The molecule has 0 atom stereocenters. The van der Waals surface area contributed by atoms with E-state index in [9.17, 15) is 9.59 Å². The SMILES string of the molecule is CCN(CC)CCNc1cnn(CC(=O)OC)c(=O)c1Br. The number of rotatable bonds is 8. The fraction of sp³-hybridized carbons (Fsp3) is 0.615. The predicted molar refractivity (Wildman–Crippen MR) is 84.5 cm³/mol. The summed E-state index contributed by atoms with van der Waals surface area (Å²) in [5.41, 5.74) is 0.251. The van der Waals surface area contributed by atoms with E-state index in [1.54, 1.807) is 0 Å². The first kappa shape index (κ1) is 17.6. The van der Waals surface area contributed by atoms with E-state index in [1.165, 1.54) is 13.3 Å². The molecule has 0 saturated heterocycles. The molecule has 7 nitrogen and oxygen atoms in total. The van der Waals surface area contributed by atoms with Gasteiger partial charge in [-0.15, -0.1) is 0 Å². The van der Waals surface area contributed by atoms with Gasteiger partial charge in [0.15, 0.2) is 0 Å². The summed E-state index contributed by atoms with van der Waals surface area (Å²) in [5.74, 6) is -0.515. The number of carbonyl (C=O) groups is 1. The number of methoxy groups -OCH3 is 1. The molecule has 1 aromatic rings. The average molecular weight is 361 g/mol. The molecule has 1 rings (SSSR count). The van der Waals surface area contributed by atoms with E-state index in [1.807, 2.05) is 0 Å². The summed E-state index contributed by atoms with van der Waals surface area (Å²) >= 11 is 3.24. The van der Waals surface area contributed by atoms with E-state index < -0.39 is 5.97 Å². The van der Waals surface area contributed by atoms with Crippen molar-refractivity contribution in [1.82, 2.24) is 14.7 Å². The van der Waals surface area contributed by atoms with Crippen LogP contribution < -0.4 is 10.9 Å². The average Bonchev–Trinajstić information content (AvgIpc) is 2.50. The van der Waals surface area contributed by atoms with Gasteiger partial charge in [0.05, 0.1) is 19.0 Å². The largest absolute Gasteiger partial charge is 0.468 e. The summed E-state index contributed by atoms with van der Waals surface area (Å²) in [6, 6.07) is 0. The number of aromatic nitrogens is 2. The fourth-order valence-electron chi connectivity index (χ4n) is 1.78. The number of hydrogen-bond acceptors (Lipinski definition) is 6. The second kappa shape index (κ2) is 8.78. The topological polar surface area (TPSA) is 76.5 Å². The third kappa shape index (κ3) is 5.13. The van der Waals surface area contributed by atoms with Crippen molar-refractivity contribution in [2.24, 2.45) is 0 Å². The van der Waals surface area contributed by atoms with Gasteiger partial charge in [0, 0.05) is 13.1 Å². The normalized spacial score (nSPS) is 10.7. The van der Waals surface area contributed by atoms with Crippen molar-refractivity contribution in [3.8, 4) is 0 Å². The van der Waals surface area contributed by atoms with Gasteiger partial charge in [-0.05, 0) is 29.0 Å². The maximum Gasteiger partial charge on any atom is 0.327 e. The van der Waals surface area contributed by atoms with Crippen molar-refractivity contribution in [3.63, 3.8) is 0 Å². The van der Waals surface area contributed by atoms with Crippen LogP contribution in [0.4, 0.5) is 5.69 Å². The van der Waals surface area contributed by atoms with Crippen LogP contribution in [0.25, 0.3) is 0 Å². The number of nitrogens with zero attached hydrogens (tertiary/aromatic N) is 3. The van der Waals surface area contributed by atoms with Gasteiger partial charge in [-0.25, -0.2) is 4.68 Å². The molecule has 0 amide bonds. The third-order valence-electron chi connectivity index (χ3n) is 3.13. The zero-order valence-corrected chi connectivity index (χ0v) is 14.1. The summed E-state index contributed by atoms with van der Waals surface area (Å²) in [4.78, 5) is 25.5. The van der Waals surface area contributed by atoms with Crippen LogP contribution in [0, 0.1) is 0 Å². The Bertz CT molecular complexity index is 529. The Kier molecular flexibility index (Phi) is 7.38. The van der Waals surface area contributed by atoms with Gasteiger partial charge >= 0.3 is 5.97 Å². The van der Waals surface area contributed by atoms with Crippen molar-refractivity contribution in [2.45, 2.75) is 20.4 Å². The minimum absolute atomic E-state index is 0.201. The smallest absolute Gasteiger partial charge is 0.327 e. The Hall–Kier alpha value is -1.41. The number of anilines is 1. The Morgan fingerprint density at radius 3 is 2.71 bits per heavy atom. The van der Waals surface area contributed by atoms with Crippen LogP contribution in [0.15, 0.2) is 15.5 Å². The maximum atomic E-state index is 12.0. The number of likely N-dealkylation sites (N-methyl/N-ethyl adjacent to an activating group) is 1. The van der Waals surface area contributed by atoms with E-state index >= 15 is 0 Å². The van der Waals surface area contributed by atoms with Crippen molar-refractivity contribution < 1.29 is 9.53 Å². The zero-order chi connectivity index (χ0) is 15.8. The second-order valence-corrected chi connectivity index (χ2v) is 5.16. The van der Waals surface area contributed by atoms with Crippen LogP contribution in [0.1, 0.15) is 13.8 Å². The van der Waals surface area contributed by atoms with Crippen LogP contribution in [0.5, 0.6) is 0 Å². The Morgan fingerprint density at radius 2 is 2.14 bits per heavy atom. The molecule has 0 radical (unpaired) electrons. The molecule has 1 N–H and O–H groups in total. The minimum atomic E-state index is -0.515. The quantitative estimate of drug-likeness (QED) is 0.695. The number of ether oxygens (including phenoxy) is 1.